The van der Waals surface area contributed by atoms with Gasteiger partial charge in [0.1, 0.15) is 11.5 Å². The van der Waals surface area contributed by atoms with E-state index in [1.54, 1.807) is 12.1 Å². The summed E-state index contributed by atoms with van der Waals surface area (Å²) in [6, 6.07) is 3.46. The minimum atomic E-state index is 0.530. The van der Waals surface area contributed by atoms with Crippen molar-refractivity contribution in [1.29, 1.82) is 0 Å². The summed E-state index contributed by atoms with van der Waals surface area (Å²) in [6.07, 6.45) is 5.45. The number of unbranched alkanes of at least 4 members (excludes halogenated alkanes) is 3. The monoisotopic (exact) mass is 304 g/mol. The van der Waals surface area contributed by atoms with Crippen molar-refractivity contribution < 1.29 is 9.47 Å². The highest BCUT2D eigenvalue weighted by molar-refractivity contribution is 6.36. The van der Waals surface area contributed by atoms with E-state index in [0.29, 0.717) is 34.8 Å². The van der Waals surface area contributed by atoms with Crippen LogP contribution in [-0.2, 0) is 0 Å². The first kappa shape index (κ1) is 16.5. The van der Waals surface area contributed by atoms with Crippen LogP contribution in [0.2, 0.25) is 10.0 Å². The van der Waals surface area contributed by atoms with Gasteiger partial charge in [0.15, 0.2) is 0 Å². The van der Waals surface area contributed by atoms with Crippen molar-refractivity contribution in [3.63, 3.8) is 0 Å². The van der Waals surface area contributed by atoms with E-state index in [0.717, 1.165) is 25.7 Å². The minimum Gasteiger partial charge on any atom is -0.492 e. The van der Waals surface area contributed by atoms with Crippen LogP contribution in [0.15, 0.2) is 12.1 Å². The van der Waals surface area contributed by atoms with Crippen LogP contribution in [0.4, 0.5) is 0 Å². The third-order valence-electron chi connectivity index (χ3n) is 2.75. The number of benzene rings is 1. The Morgan fingerprint density at radius 2 is 1.32 bits per heavy atom. The predicted octanol–water partition coefficient (Wildman–Crippen LogP) is 5.74. The fourth-order valence-electron chi connectivity index (χ4n) is 1.59. The summed E-state index contributed by atoms with van der Waals surface area (Å²) >= 11 is 12.2. The summed E-state index contributed by atoms with van der Waals surface area (Å²) in [6.45, 7) is 5.61. The molecule has 0 fully saturated rings. The number of hydrogen-bond acceptors (Lipinski definition) is 2. The molecule has 19 heavy (non-hydrogen) atoms. The molecule has 0 N–H and O–H groups in total. The summed E-state index contributed by atoms with van der Waals surface area (Å²) in [5, 5.41) is 1.06. The third-order valence-corrected chi connectivity index (χ3v) is 3.34. The lowest BCUT2D eigenvalue weighted by atomic mass is 10.2. The molecule has 0 atom stereocenters. The number of rotatable bonds is 9. The Morgan fingerprint density at radius 1 is 0.789 bits per heavy atom. The molecule has 0 aliphatic rings. The lowest BCUT2D eigenvalue weighted by Gasteiger charge is -2.12. The van der Waals surface area contributed by atoms with Gasteiger partial charge in [-0.3, -0.25) is 0 Å². The molecule has 0 aromatic heterocycles. The van der Waals surface area contributed by atoms with Crippen molar-refractivity contribution in [2.24, 2.45) is 0 Å². The molecule has 0 amide bonds. The Labute approximate surface area is 126 Å². The smallest absolute Gasteiger partial charge is 0.141 e. The molecule has 1 aromatic rings. The first-order valence-electron chi connectivity index (χ1n) is 6.93. The molecular weight excluding hydrogens is 283 g/mol. The summed E-state index contributed by atoms with van der Waals surface area (Å²) in [5.74, 6) is 1.29. The summed E-state index contributed by atoms with van der Waals surface area (Å²) < 4.78 is 11.3. The second-order valence-corrected chi connectivity index (χ2v) is 5.29. The minimum absolute atomic E-state index is 0.530. The van der Waals surface area contributed by atoms with Crippen LogP contribution in [0.25, 0.3) is 0 Å². The molecule has 2 nitrogen and oxygen atoms in total. The van der Waals surface area contributed by atoms with Crippen molar-refractivity contribution in [1.82, 2.24) is 0 Å². The molecule has 0 radical (unpaired) electrons. The van der Waals surface area contributed by atoms with Crippen LogP contribution >= 0.6 is 23.2 Å². The van der Waals surface area contributed by atoms with E-state index in [-0.39, 0.29) is 0 Å². The molecule has 0 heterocycles. The van der Waals surface area contributed by atoms with Crippen molar-refractivity contribution in [2.45, 2.75) is 46.0 Å². The van der Waals surface area contributed by atoms with Gasteiger partial charge in [-0.25, -0.2) is 0 Å². The van der Waals surface area contributed by atoms with Gasteiger partial charge < -0.3 is 9.47 Å². The third kappa shape index (κ3) is 5.92. The number of hydrogen-bond donors (Lipinski definition) is 0. The molecule has 1 rings (SSSR count). The molecule has 0 saturated carbocycles. The Bertz CT molecular complexity index is 381. The zero-order chi connectivity index (χ0) is 14.1. The topological polar surface area (TPSA) is 18.5 Å². The fraction of sp³-hybridized carbons (Fsp3) is 0.600. The predicted molar refractivity (Wildman–Crippen MR) is 81.9 cm³/mol. The van der Waals surface area contributed by atoms with E-state index >= 15 is 0 Å². The molecule has 0 aliphatic carbocycles. The van der Waals surface area contributed by atoms with Crippen LogP contribution < -0.4 is 9.47 Å². The molecule has 4 heteroatoms. The van der Waals surface area contributed by atoms with Gasteiger partial charge in [0.25, 0.3) is 0 Å². The Balaban J connectivity index is 2.61. The van der Waals surface area contributed by atoms with Crippen LogP contribution in [0.1, 0.15) is 46.0 Å². The van der Waals surface area contributed by atoms with Crippen molar-refractivity contribution in [3.05, 3.63) is 22.2 Å². The van der Waals surface area contributed by atoms with E-state index in [1.807, 2.05) is 0 Å². The molecule has 0 bridgehead atoms. The summed E-state index contributed by atoms with van der Waals surface area (Å²) in [4.78, 5) is 0. The van der Waals surface area contributed by atoms with E-state index in [4.69, 9.17) is 32.7 Å². The van der Waals surface area contributed by atoms with E-state index in [9.17, 15) is 0 Å². The second-order valence-electron chi connectivity index (χ2n) is 4.47. The quantitative estimate of drug-likeness (QED) is 0.541. The molecule has 108 valence electrons. The Morgan fingerprint density at radius 3 is 1.84 bits per heavy atom. The highest BCUT2D eigenvalue weighted by Crippen LogP contribution is 2.36. The van der Waals surface area contributed by atoms with Crippen molar-refractivity contribution in [3.8, 4) is 11.5 Å². The lowest BCUT2D eigenvalue weighted by molar-refractivity contribution is 0.293. The average Bonchev–Trinajstić information content (AvgIpc) is 2.39. The zero-order valence-corrected chi connectivity index (χ0v) is 13.2. The van der Waals surface area contributed by atoms with Gasteiger partial charge in [-0.05, 0) is 18.9 Å². The van der Waals surface area contributed by atoms with E-state index in [2.05, 4.69) is 13.8 Å². The van der Waals surface area contributed by atoms with Crippen LogP contribution in [-0.4, -0.2) is 13.2 Å². The second kappa shape index (κ2) is 9.33. The highest BCUT2D eigenvalue weighted by atomic mass is 35.5. The number of halogens is 2. The average molecular weight is 305 g/mol. The molecule has 0 spiro atoms. The zero-order valence-electron chi connectivity index (χ0n) is 11.7. The molecule has 0 unspecified atom stereocenters. The van der Waals surface area contributed by atoms with Gasteiger partial charge in [-0.15, -0.1) is 0 Å². The SMILES string of the molecule is CCCCCOc1cc(OCCCC)c(Cl)cc1Cl. The maximum absolute atomic E-state index is 6.11. The summed E-state index contributed by atoms with van der Waals surface area (Å²) in [5.41, 5.74) is 0. The fourth-order valence-corrected chi connectivity index (χ4v) is 2.08. The van der Waals surface area contributed by atoms with Crippen LogP contribution in [0.3, 0.4) is 0 Å². The van der Waals surface area contributed by atoms with Gasteiger partial charge in [0, 0.05) is 6.07 Å². The maximum atomic E-state index is 6.11. The normalized spacial score (nSPS) is 10.5. The van der Waals surface area contributed by atoms with Crippen molar-refractivity contribution >= 4 is 23.2 Å². The van der Waals surface area contributed by atoms with Gasteiger partial charge in [-0.1, -0.05) is 56.3 Å². The van der Waals surface area contributed by atoms with Gasteiger partial charge in [0.2, 0.25) is 0 Å². The lowest BCUT2D eigenvalue weighted by Crippen LogP contribution is -2.00. The van der Waals surface area contributed by atoms with E-state index in [1.165, 1.54) is 6.42 Å². The van der Waals surface area contributed by atoms with Gasteiger partial charge >= 0.3 is 0 Å². The molecule has 0 saturated heterocycles. The van der Waals surface area contributed by atoms with Crippen LogP contribution in [0.5, 0.6) is 11.5 Å². The number of ether oxygens (including phenoxy) is 2. The Kier molecular flexibility index (Phi) is 8.08. The first-order chi connectivity index (χ1) is 9.19. The van der Waals surface area contributed by atoms with Gasteiger partial charge in [-0.2, -0.15) is 0 Å². The van der Waals surface area contributed by atoms with Crippen LogP contribution in [0, 0.1) is 0 Å². The van der Waals surface area contributed by atoms with Crippen molar-refractivity contribution in [2.75, 3.05) is 13.2 Å². The molecule has 0 aliphatic heterocycles. The molecule has 1 aromatic carbocycles. The summed E-state index contributed by atoms with van der Waals surface area (Å²) in [7, 11) is 0. The van der Waals surface area contributed by atoms with Gasteiger partial charge in [0.05, 0.1) is 23.3 Å². The Hall–Kier alpha value is -0.600. The standard InChI is InChI=1S/C15H22Cl2O2/c1-3-5-7-9-19-15-11-14(18-8-6-4-2)12(16)10-13(15)17/h10-11H,3-9H2,1-2H3. The van der Waals surface area contributed by atoms with E-state index < -0.39 is 0 Å². The maximum Gasteiger partial charge on any atom is 0.141 e. The largest absolute Gasteiger partial charge is 0.492 e. The molecular formula is C15H22Cl2O2. The first-order valence-corrected chi connectivity index (χ1v) is 7.69. The highest BCUT2D eigenvalue weighted by Gasteiger charge is 2.09.